The summed E-state index contributed by atoms with van der Waals surface area (Å²) in [6, 6.07) is 10.3. The summed E-state index contributed by atoms with van der Waals surface area (Å²) in [5, 5.41) is 20.0. The summed E-state index contributed by atoms with van der Waals surface area (Å²) in [4.78, 5) is 16.4. The third kappa shape index (κ3) is 2.57. The van der Waals surface area contributed by atoms with Gasteiger partial charge in [0.15, 0.2) is 0 Å². The summed E-state index contributed by atoms with van der Waals surface area (Å²) in [5.74, 6) is 0.246. The number of nitriles is 1. The van der Waals surface area contributed by atoms with E-state index in [-0.39, 0.29) is 11.5 Å². The Morgan fingerprint density at radius 2 is 2.15 bits per heavy atom. The van der Waals surface area contributed by atoms with E-state index in [4.69, 9.17) is 5.26 Å². The van der Waals surface area contributed by atoms with Gasteiger partial charge in [0.25, 0.3) is 0 Å². The highest BCUT2D eigenvalue weighted by Gasteiger charge is 2.20. The Morgan fingerprint density at radius 3 is 2.80 bits per heavy atom. The van der Waals surface area contributed by atoms with Crippen LogP contribution in [0, 0.1) is 28.4 Å². The fourth-order valence-electron chi connectivity index (χ4n) is 1.85. The van der Waals surface area contributed by atoms with Crippen molar-refractivity contribution in [3.8, 4) is 6.07 Å². The number of benzene rings is 1. The average molecular weight is 268 g/mol. The average Bonchev–Trinajstić information content (AvgIpc) is 2.46. The second-order valence-corrected chi connectivity index (χ2v) is 4.33. The van der Waals surface area contributed by atoms with Crippen LogP contribution in [0.15, 0.2) is 36.5 Å². The first-order valence-corrected chi connectivity index (χ1v) is 5.88. The van der Waals surface area contributed by atoms with Crippen LogP contribution in [0.25, 0.3) is 0 Å². The number of aromatic nitrogens is 1. The number of aryl methyl sites for hydroxylation is 1. The topological polar surface area (TPSA) is 83.1 Å². The van der Waals surface area contributed by atoms with E-state index in [9.17, 15) is 10.1 Å². The van der Waals surface area contributed by atoms with E-state index >= 15 is 0 Å². The highest BCUT2D eigenvalue weighted by molar-refractivity contribution is 5.68. The zero-order valence-electron chi connectivity index (χ0n) is 11.1. The second-order valence-electron chi connectivity index (χ2n) is 4.33. The fraction of sp³-hybridized carbons (Fsp3) is 0.143. The van der Waals surface area contributed by atoms with Crippen LogP contribution >= 0.6 is 0 Å². The SMILES string of the molecule is Cc1cnc(N(C)c2cccc(C#N)c2)c([N+](=O)[O-])c1. The molecule has 0 spiro atoms. The summed E-state index contributed by atoms with van der Waals surface area (Å²) in [6.07, 6.45) is 1.58. The molecule has 20 heavy (non-hydrogen) atoms. The lowest BCUT2D eigenvalue weighted by atomic mass is 10.2. The standard InChI is InChI=1S/C14H12N4O2/c1-10-6-13(18(19)20)14(16-9-10)17(2)12-5-3-4-11(7-12)8-15/h3-7,9H,1-2H3. The molecule has 1 aromatic carbocycles. The largest absolute Gasteiger partial charge is 0.324 e. The molecule has 2 rings (SSSR count). The highest BCUT2D eigenvalue weighted by atomic mass is 16.6. The number of hydrogen-bond acceptors (Lipinski definition) is 5. The first-order valence-electron chi connectivity index (χ1n) is 5.88. The van der Waals surface area contributed by atoms with Gasteiger partial charge in [0.05, 0.1) is 16.6 Å². The first kappa shape index (κ1) is 13.5. The Kier molecular flexibility index (Phi) is 3.62. The fourth-order valence-corrected chi connectivity index (χ4v) is 1.85. The van der Waals surface area contributed by atoms with Crippen molar-refractivity contribution in [2.24, 2.45) is 0 Å². The van der Waals surface area contributed by atoms with E-state index in [0.717, 1.165) is 5.56 Å². The predicted octanol–water partition coefficient (Wildman–Crippen LogP) is 2.94. The maximum absolute atomic E-state index is 11.1. The molecule has 0 aliphatic carbocycles. The Morgan fingerprint density at radius 1 is 1.40 bits per heavy atom. The molecule has 0 N–H and O–H groups in total. The normalized spacial score (nSPS) is 9.85. The molecule has 6 heteroatoms. The summed E-state index contributed by atoms with van der Waals surface area (Å²) >= 11 is 0. The van der Waals surface area contributed by atoms with Gasteiger partial charge in [-0.1, -0.05) is 6.07 Å². The molecular weight excluding hydrogens is 256 g/mol. The molecule has 6 nitrogen and oxygen atoms in total. The molecule has 0 unspecified atom stereocenters. The zero-order valence-corrected chi connectivity index (χ0v) is 11.1. The van der Waals surface area contributed by atoms with Crippen molar-refractivity contribution in [3.63, 3.8) is 0 Å². The molecule has 1 aromatic heterocycles. The zero-order chi connectivity index (χ0) is 14.7. The molecule has 0 bridgehead atoms. The van der Waals surface area contributed by atoms with E-state index in [1.54, 1.807) is 49.3 Å². The lowest BCUT2D eigenvalue weighted by Crippen LogP contribution is -2.13. The number of nitro groups is 1. The maximum Gasteiger partial charge on any atom is 0.312 e. The molecule has 2 aromatic rings. The number of hydrogen-bond donors (Lipinski definition) is 0. The van der Waals surface area contributed by atoms with Gasteiger partial charge in [-0.25, -0.2) is 4.98 Å². The minimum absolute atomic E-state index is 0.0603. The Balaban J connectivity index is 2.50. The molecule has 0 fully saturated rings. The molecule has 0 saturated heterocycles. The van der Waals surface area contributed by atoms with Gasteiger partial charge in [-0.15, -0.1) is 0 Å². The van der Waals surface area contributed by atoms with Gasteiger partial charge in [0.2, 0.25) is 5.82 Å². The first-order chi connectivity index (χ1) is 9.52. The van der Waals surface area contributed by atoms with Crippen LogP contribution < -0.4 is 4.90 Å². The third-order valence-corrected chi connectivity index (χ3v) is 2.86. The summed E-state index contributed by atoms with van der Waals surface area (Å²) in [5.41, 5.74) is 1.82. The van der Waals surface area contributed by atoms with Crippen LogP contribution in [0.2, 0.25) is 0 Å². The lowest BCUT2D eigenvalue weighted by Gasteiger charge is -2.18. The van der Waals surface area contributed by atoms with E-state index in [2.05, 4.69) is 4.98 Å². The molecule has 0 saturated carbocycles. The van der Waals surface area contributed by atoms with Gasteiger partial charge in [-0.3, -0.25) is 10.1 Å². The predicted molar refractivity (Wildman–Crippen MR) is 74.8 cm³/mol. The molecule has 0 atom stereocenters. The molecule has 0 aliphatic rings. The third-order valence-electron chi connectivity index (χ3n) is 2.86. The Bertz CT molecular complexity index is 707. The second kappa shape index (κ2) is 5.36. The van der Waals surface area contributed by atoms with E-state index in [0.29, 0.717) is 11.3 Å². The van der Waals surface area contributed by atoms with Gasteiger partial charge in [0, 0.05) is 25.0 Å². The summed E-state index contributed by atoms with van der Waals surface area (Å²) in [6.45, 7) is 1.75. The minimum atomic E-state index is -0.458. The van der Waals surface area contributed by atoms with E-state index in [1.165, 1.54) is 6.07 Å². The van der Waals surface area contributed by atoms with Crippen LogP contribution in [0.5, 0.6) is 0 Å². The molecule has 1 heterocycles. The van der Waals surface area contributed by atoms with Crippen molar-refractivity contribution in [1.82, 2.24) is 4.98 Å². The molecule has 0 radical (unpaired) electrons. The van der Waals surface area contributed by atoms with Gasteiger partial charge in [0.1, 0.15) is 0 Å². The van der Waals surface area contributed by atoms with Crippen molar-refractivity contribution in [3.05, 3.63) is 57.8 Å². The van der Waals surface area contributed by atoms with Crippen LogP contribution in [0.4, 0.5) is 17.2 Å². The van der Waals surface area contributed by atoms with Gasteiger partial charge < -0.3 is 4.90 Å². The van der Waals surface area contributed by atoms with Crippen molar-refractivity contribution in [1.29, 1.82) is 5.26 Å². The van der Waals surface area contributed by atoms with Crippen molar-refractivity contribution in [2.75, 3.05) is 11.9 Å². The van der Waals surface area contributed by atoms with Crippen LogP contribution in [0.3, 0.4) is 0 Å². The van der Waals surface area contributed by atoms with E-state index < -0.39 is 4.92 Å². The number of rotatable bonds is 3. The van der Waals surface area contributed by atoms with Crippen molar-refractivity contribution in [2.45, 2.75) is 6.92 Å². The van der Waals surface area contributed by atoms with Crippen LogP contribution in [-0.2, 0) is 0 Å². The number of anilines is 2. The number of nitrogens with zero attached hydrogens (tertiary/aromatic N) is 4. The van der Waals surface area contributed by atoms with Crippen molar-refractivity contribution < 1.29 is 4.92 Å². The Hall–Kier alpha value is -2.94. The van der Waals surface area contributed by atoms with E-state index in [1.807, 2.05) is 6.07 Å². The summed E-state index contributed by atoms with van der Waals surface area (Å²) in [7, 11) is 1.68. The monoisotopic (exact) mass is 268 g/mol. The summed E-state index contributed by atoms with van der Waals surface area (Å²) < 4.78 is 0. The van der Waals surface area contributed by atoms with Crippen LogP contribution in [-0.4, -0.2) is 17.0 Å². The van der Waals surface area contributed by atoms with Crippen molar-refractivity contribution >= 4 is 17.2 Å². The quantitative estimate of drug-likeness (QED) is 0.631. The highest BCUT2D eigenvalue weighted by Crippen LogP contribution is 2.30. The maximum atomic E-state index is 11.1. The molecular formula is C14H12N4O2. The number of pyridine rings is 1. The molecule has 0 amide bonds. The lowest BCUT2D eigenvalue weighted by molar-refractivity contribution is -0.384. The van der Waals surface area contributed by atoms with Gasteiger partial charge in [-0.05, 0) is 30.7 Å². The minimum Gasteiger partial charge on any atom is -0.324 e. The van der Waals surface area contributed by atoms with Gasteiger partial charge in [-0.2, -0.15) is 5.26 Å². The van der Waals surface area contributed by atoms with Gasteiger partial charge >= 0.3 is 5.69 Å². The Labute approximate surface area is 116 Å². The van der Waals surface area contributed by atoms with Crippen LogP contribution in [0.1, 0.15) is 11.1 Å². The molecule has 100 valence electrons. The molecule has 0 aliphatic heterocycles. The smallest absolute Gasteiger partial charge is 0.312 e.